The molecule has 0 fully saturated rings. The van der Waals surface area contributed by atoms with Crippen molar-refractivity contribution < 1.29 is 9.53 Å². The number of nitrogens with two attached hydrogens (primary N) is 1. The highest BCUT2D eigenvalue weighted by Gasteiger charge is 2.22. The summed E-state index contributed by atoms with van der Waals surface area (Å²) in [5.74, 6) is 0.718. The molecule has 4 N–H and O–H groups in total. The molecule has 1 heterocycles. The second kappa shape index (κ2) is 9.48. The van der Waals surface area contributed by atoms with Crippen LogP contribution in [0.1, 0.15) is 53.7 Å². The van der Waals surface area contributed by atoms with Crippen LogP contribution in [0.4, 0.5) is 0 Å². The number of aryl methyl sites for hydroxylation is 1. The average molecular weight is 368 g/mol. The number of nitrogens with zero attached hydrogens (tertiary/aromatic N) is 1. The maximum atomic E-state index is 11.1. The van der Waals surface area contributed by atoms with Gasteiger partial charge in [-0.1, -0.05) is 13.0 Å². The van der Waals surface area contributed by atoms with Crippen molar-refractivity contribution in [3.05, 3.63) is 53.2 Å². The molecular formula is C21H28N4O2. The number of hydrogen-bond donors (Lipinski definition) is 3. The summed E-state index contributed by atoms with van der Waals surface area (Å²) < 4.78 is 5.82. The van der Waals surface area contributed by atoms with Gasteiger partial charge in [0.05, 0.1) is 5.56 Å². The zero-order valence-electron chi connectivity index (χ0n) is 15.8. The van der Waals surface area contributed by atoms with Crippen molar-refractivity contribution in [2.45, 2.75) is 38.6 Å². The zero-order chi connectivity index (χ0) is 19.1. The monoisotopic (exact) mass is 368 g/mol. The van der Waals surface area contributed by atoms with Crippen molar-refractivity contribution in [2.75, 3.05) is 19.6 Å². The summed E-state index contributed by atoms with van der Waals surface area (Å²) in [7, 11) is 0. The molecule has 0 saturated carbocycles. The van der Waals surface area contributed by atoms with Crippen molar-refractivity contribution in [3.63, 3.8) is 0 Å². The van der Waals surface area contributed by atoms with E-state index in [4.69, 9.17) is 10.5 Å². The van der Waals surface area contributed by atoms with E-state index >= 15 is 0 Å². The van der Waals surface area contributed by atoms with Gasteiger partial charge in [0.1, 0.15) is 5.75 Å². The molecule has 6 nitrogen and oxygen atoms in total. The van der Waals surface area contributed by atoms with E-state index in [2.05, 4.69) is 34.7 Å². The lowest BCUT2D eigenvalue weighted by atomic mass is 10.1. The minimum absolute atomic E-state index is 0.370. The molecule has 2 aromatic rings. The number of hydrogen-bond acceptors (Lipinski definition) is 5. The van der Waals surface area contributed by atoms with Crippen LogP contribution in [0.25, 0.3) is 0 Å². The molecule has 0 spiro atoms. The fraction of sp³-hybridized carbons (Fsp3) is 0.429. The van der Waals surface area contributed by atoms with Crippen molar-refractivity contribution in [1.29, 1.82) is 0 Å². The van der Waals surface area contributed by atoms with Crippen LogP contribution in [0.3, 0.4) is 0 Å². The summed E-state index contributed by atoms with van der Waals surface area (Å²) in [4.78, 5) is 15.2. The zero-order valence-corrected chi connectivity index (χ0v) is 15.8. The lowest BCUT2D eigenvalue weighted by molar-refractivity contribution is 0.1000. The van der Waals surface area contributed by atoms with E-state index in [1.165, 1.54) is 23.7 Å². The van der Waals surface area contributed by atoms with E-state index in [0.29, 0.717) is 17.5 Å². The predicted molar refractivity (Wildman–Crippen MR) is 106 cm³/mol. The van der Waals surface area contributed by atoms with E-state index in [1.807, 2.05) is 6.07 Å². The number of fused-ring (bicyclic) bond motifs is 1. The highest BCUT2D eigenvalue weighted by Crippen LogP contribution is 2.34. The Labute approximate surface area is 160 Å². The maximum Gasteiger partial charge on any atom is 0.250 e. The SMILES string of the molecule is CCCNCCCNC1CCc2cc(Oc3ccc(C(N)=O)cn3)ccc21. The van der Waals surface area contributed by atoms with Gasteiger partial charge in [-0.05, 0) is 74.6 Å². The third-order valence-electron chi connectivity index (χ3n) is 4.78. The summed E-state index contributed by atoms with van der Waals surface area (Å²) in [6.45, 7) is 5.37. The standard InChI is InChI=1S/C21H28N4O2/c1-2-10-23-11-3-12-24-19-8-4-15-13-17(6-7-18(15)19)27-20-9-5-16(14-25-20)21(22)26/h5-7,9,13-14,19,23-24H,2-4,8,10-12H2,1H3,(H2,22,26). The minimum Gasteiger partial charge on any atom is -0.439 e. The summed E-state index contributed by atoms with van der Waals surface area (Å²) in [6.07, 6.45) is 5.91. The van der Waals surface area contributed by atoms with Crippen molar-refractivity contribution in [2.24, 2.45) is 5.73 Å². The van der Waals surface area contributed by atoms with Gasteiger partial charge in [0.2, 0.25) is 11.8 Å². The van der Waals surface area contributed by atoms with Crippen LogP contribution in [0.2, 0.25) is 0 Å². The second-order valence-electron chi connectivity index (χ2n) is 6.86. The maximum absolute atomic E-state index is 11.1. The quantitative estimate of drug-likeness (QED) is 0.561. The van der Waals surface area contributed by atoms with E-state index in [1.54, 1.807) is 12.1 Å². The van der Waals surface area contributed by atoms with Gasteiger partial charge in [-0.15, -0.1) is 0 Å². The Balaban J connectivity index is 1.53. The van der Waals surface area contributed by atoms with Gasteiger partial charge in [0, 0.05) is 18.3 Å². The molecular weight excluding hydrogens is 340 g/mol. The first-order valence-corrected chi connectivity index (χ1v) is 9.68. The van der Waals surface area contributed by atoms with Gasteiger partial charge in [-0.25, -0.2) is 4.98 Å². The number of rotatable bonds is 10. The first-order valence-electron chi connectivity index (χ1n) is 9.68. The molecule has 27 heavy (non-hydrogen) atoms. The fourth-order valence-corrected chi connectivity index (χ4v) is 3.37. The summed E-state index contributed by atoms with van der Waals surface area (Å²) >= 11 is 0. The number of primary amides is 1. The van der Waals surface area contributed by atoms with Gasteiger partial charge in [0.15, 0.2) is 0 Å². The van der Waals surface area contributed by atoms with Crippen LogP contribution < -0.4 is 21.1 Å². The van der Waals surface area contributed by atoms with Crippen molar-refractivity contribution in [1.82, 2.24) is 15.6 Å². The molecule has 1 aromatic carbocycles. The van der Waals surface area contributed by atoms with Crippen molar-refractivity contribution in [3.8, 4) is 11.6 Å². The molecule has 0 radical (unpaired) electrons. The van der Waals surface area contributed by atoms with E-state index in [9.17, 15) is 4.79 Å². The Morgan fingerprint density at radius 1 is 1.26 bits per heavy atom. The average Bonchev–Trinajstić information content (AvgIpc) is 3.07. The minimum atomic E-state index is -0.494. The van der Waals surface area contributed by atoms with Gasteiger partial charge >= 0.3 is 0 Å². The normalized spacial score (nSPS) is 15.5. The predicted octanol–water partition coefficient (Wildman–Crippen LogP) is 2.94. The largest absolute Gasteiger partial charge is 0.439 e. The molecule has 1 amide bonds. The van der Waals surface area contributed by atoms with Crippen LogP contribution in [-0.4, -0.2) is 30.5 Å². The van der Waals surface area contributed by atoms with Crippen molar-refractivity contribution >= 4 is 5.91 Å². The lowest BCUT2D eigenvalue weighted by Crippen LogP contribution is -2.24. The Bertz CT molecular complexity index is 761. The Hall–Kier alpha value is -2.44. The third-order valence-corrected chi connectivity index (χ3v) is 4.78. The van der Waals surface area contributed by atoms with Crippen LogP contribution in [-0.2, 0) is 6.42 Å². The first-order chi connectivity index (χ1) is 13.2. The number of aromatic nitrogens is 1. The molecule has 1 unspecified atom stereocenters. The van der Waals surface area contributed by atoms with Gasteiger partial charge < -0.3 is 21.1 Å². The smallest absolute Gasteiger partial charge is 0.250 e. The number of nitrogens with one attached hydrogen (secondary N) is 2. The highest BCUT2D eigenvalue weighted by atomic mass is 16.5. The van der Waals surface area contributed by atoms with Crippen LogP contribution in [0.15, 0.2) is 36.5 Å². The number of benzene rings is 1. The lowest BCUT2D eigenvalue weighted by Gasteiger charge is -2.15. The Kier molecular flexibility index (Phi) is 6.79. The number of pyridine rings is 1. The van der Waals surface area contributed by atoms with Gasteiger partial charge in [-0.2, -0.15) is 0 Å². The molecule has 1 aliphatic rings. The number of carbonyl (C=O) groups excluding carboxylic acids is 1. The van der Waals surface area contributed by atoms with E-state index < -0.39 is 5.91 Å². The van der Waals surface area contributed by atoms with Crippen LogP contribution >= 0.6 is 0 Å². The van der Waals surface area contributed by atoms with E-state index in [0.717, 1.165) is 44.6 Å². The molecule has 0 bridgehead atoms. The molecule has 1 aliphatic carbocycles. The summed E-state index contributed by atoms with van der Waals surface area (Å²) in [6, 6.07) is 9.91. The van der Waals surface area contributed by atoms with Gasteiger partial charge in [0.25, 0.3) is 0 Å². The third kappa shape index (κ3) is 5.28. The van der Waals surface area contributed by atoms with Crippen LogP contribution in [0.5, 0.6) is 11.6 Å². The number of carbonyl (C=O) groups is 1. The number of ether oxygens (including phenoxy) is 1. The Morgan fingerprint density at radius 2 is 2.15 bits per heavy atom. The molecule has 3 rings (SSSR count). The number of amides is 1. The highest BCUT2D eigenvalue weighted by molar-refractivity contribution is 5.92. The molecule has 0 aliphatic heterocycles. The molecule has 0 saturated heterocycles. The topological polar surface area (TPSA) is 89.3 Å². The first kappa shape index (κ1) is 19.3. The fourth-order valence-electron chi connectivity index (χ4n) is 3.37. The van der Waals surface area contributed by atoms with E-state index in [-0.39, 0.29) is 0 Å². The summed E-state index contributed by atoms with van der Waals surface area (Å²) in [5.41, 5.74) is 8.28. The summed E-state index contributed by atoms with van der Waals surface area (Å²) in [5, 5.41) is 7.10. The second-order valence-corrected chi connectivity index (χ2v) is 6.86. The Morgan fingerprint density at radius 3 is 2.89 bits per heavy atom. The molecule has 1 aromatic heterocycles. The molecule has 1 atom stereocenters. The molecule has 144 valence electrons. The van der Waals surface area contributed by atoms with Gasteiger partial charge in [-0.3, -0.25) is 4.79 Å². The molecule has 6 heteroatoms. The van der Waals surface area contributed by atoms with Crippen LogP contribution in [0, 0.1) is 0 Å².